The predicted octanol–water partition coefficient (Wildman–Crippen LogP) is 3.09. The maximum Gasteiger partial charge on any atom is 0.132 e. The third kappa shape index (κ3) is 5.53. The van der Waals surface area contributed by atoms with Gasteiger partial charge in [0.05, 0.1) is 11.9 Å². The lowest BCUT2D eigenvalue weighted by molar-refractivity contribution is -0.102. The van der Waals surface area contributed by atoms with E-state index in [1.54, 1.807) is 18.9 Å². The van der Waals surface area contributed by atoms with Crippen LogP contribution in [0.3, 0.4) is 0 Å². The van der Waals surface area contributed by atoms with Gasteiger partial charge in [-0.1, -0.05) is 20.8 Å². The van der Waals surface area contributed by atoms with Gasteiger partial charge in [0, 0.05) is 26.9 Å². The molecule has 1 rings (SSSR count). The van der Waals surface area contributed by atoms with E-state index in [0.717, 1.165) is 39.1 Å². The van der Waals surface area contributed by atoms with Crippen LogP contribution in [0.4, 0.5) is 0 Å². The highest BCUT2D eigenvalue weighted by Crippen LogP contribution is 2.38. The Bertz CT molecular complexity index is 240. The maximum absolute atomic E-state index is 6.03. The summed E-state index contributed by atoms with van der Waals surface area (Å²) in [5.74, 6) is 0. The van der Waals surface area contributed by atoms with Crippen molar-refractivity contribution in [2.24, 2.45) is 0 Å². The molecule has 1 aliphatic rings. The van der Waals surface area contributed by atoms with E-state index < -0.39 is 0 Å². The first-order chi connectivity index (χ1) is 9.78. The third-order valence-electron chi connectivity index (χ3n) is 3.16. The topological polar surface area (TPSA) is 36.9 Å². The highest BCUT2D eigenvalue weighted by molar-refractivity contribution is 8.00. The van der Waals surface area contributed by atoms with Crippen LogP contribution in [-0.4, -0.2) is 56.4 Å². The zero-order valence-electron chi connectivity index (χ0n) is 13.3. The molecule has 1 saturated heterocycles. The molecule has 0 N–H and O–H groups in total. The molecule has 20 heavy (non-hydrogen) atoms. The minimum absolute atomic E-state index is 0.00623. The molecule has 1 fully saturated rings. The molecule has 1 aliphatic heterocycles. The van der Waals surface area contributed by atoms with Gasteiger partial charge in [0.25, 0.3) is 0 Å². The molecule has 0 spiro atoms. The van der Waals surface area contributed by atoms with Gasteiger partial charge < -0.3 is 18.9 Å². The molecule has 0 aromatic carbocycles. The van der Waals surface area contributed by atoms with Gasteiger partial charge in [-0.05, 0) is 19.3 Å². The molecular formula is C15H30O4S. The maximum atomic E-state index is 6.03. The minimum Gasteiger partial charge on any atom is -0.380 e. The van der Waals surface area contributed by atoms with Crippen LogP contribution < -0.4 is 0 Å². The second-order valence-corrected chi connectivity index (χ2v) is 6.37. The van der Waals surface area contributed by atoms with Crippen molar-refractivity contribution < 1.29 is 18.9 Å². The second kappa shape index (κ2) is 10.9. The lowest BCUT2D eigenvalue weighted by atomic mass is 10.1. The normalized spacial score (nSPS) is 30.0. The molecule has 1 heterocycles. The van der Waals surface area contributed by atoms with Gasteiger partial charge in [0.15, 0.2) is 0 Å². The van der Waals surface area contributed by atoms with E-state index in [9.17, 15) is 0 Å². The summed E-state index contributed by atoms with van der Waals surface area (Å²) in [7, 11) is 1.74. The van der Waals surface area contributed by atoms with E-state index in [1.807, 2.05) is 0 Å². The minimum atomic E-state index is 0.00623. The first-order valence-electron chi connectivity index (χ1n) is 7.77. The summed E-state index contributed by atoms with van der Waals surface area (Å²) in [6.45, 7) is 9.39. The Labute approximate surface area is 127 Å². The highest BCUT2D eigenvalue weighted by atomic mass is 32.2. The third-order valence-corrected chi connectivity index (χ3v) is 4.64. The average molecular weight is 306 g/mol. The highest BCUT2D eigenvalue weighted by Gasteiger charge is 2.46. The number of methoxy groups -OCH3 is 1. The molecule has 0 aromatic rings. The van der Waals surface area contributed by atoms with Crippen LogP contribution in [0.1, 0.15) is 40.0 Å². The van der Waals surface area contributed by atoms with Crippen LogP contribution in [-0.2, 0) is 18.9 Å². The molecule has 0 bridgehead atoms. The Morgan fingerprint density at radius 1 is 0.850 bits per heavy atom. The molecule has 1 unspecified atom stereocenters. The second-order valence-electron chi connectivity index (χ2n) is 5.02. The molecule has 5 heteroatoms. The van der Waals surface area contributed by atoms with Crippen LogP contribution in [0.2, 0.25) is 0 Å². The first-order valence-corrected chi connectivity index (χ1v) is 8.71. The van der Waals surface area contributed by atoms with Crippen molar-refractivity contribution >= 4 is 11.8 Å². The Morgan fingerprint density at radius 2 is 1.45 bits per heavy atom. The van der Waals surface area contributed by atoms with E-state index >= 15 is 0 Å². The van der Waals surface area contributed by atoms with Crippen LogP contribution in [0.5, 0.6) is 0 Å². The zero-order chi connectivity index (χ0) is 14.8. The van der Waals surface area contributed by atoms with E-state index in [1.165, 1.54) is 0 Å². The summed E-state index contributed by atoms with van der Waals surface area (Å²) < 4.78 is 23.3. The van der Waals surface area contributed by atoms with Crippen LogP contribution >= 0.6 is 11.8 Å². The van der Waals surface area contributed by atoms with Gasteiger partial charge in [0.1, 0.15) is 17.6 Å². The summed E-state index contributed by atoms with van der Waals surface area (Å²) in [5.41, 5.74) is 0.0404. The molecule has 4 nitrogen and oxygen atoms in total. The lowest BCUT2D eigenvalue weighted by Crippen LogP contribution is -2.40. The Morgan fingerprint density at radius 3 is 2.00 bits per heavy atom. The van der Waals surface area contributed by atoms with Crippen LogP contribution in [0, 0.1) is 0 Å². The largest absolute Gasteiger partial charge is 0.380 e. The molecule has 0 radical (unpaired) electrons. The number of ether oxygens (including phenoxy) is 4. The SMILES string of the molecule is CCCOC[C@H]1SC(OC)[C@@H](OCCC)[C@H]1OCCC. The van der Waals surface area contributed by atoms with E-state index in [4.69, 9.17) is 18.9 Å². The predicted molar refractivity (Wildman–Crippen MR) is 83.3 cm³/mol. The van der Waals surface area contributed by atoms with Gasteiger partial charge in [-0.15, -0.1) is 11.8 Å². The molecule has 4 atom stereocenters. The number of hydrogen-bond donors (Lipinski definition) is 0. The Hall–Kier alpha value is 0.190. The number of thioether (sulfide) groups is 1. The molecule has 0 amide bonds. The zero-order valence-corrected chi connectivity index (χ0v) is 14.1. The molecule has 0 saturated carbocycles. The molecule has 0 aromatic heterocycles. The van der Waals surface area contributed by atoms with Gasteiger partial charge in [0.2, 0.25) is 0 Å². The monoisotopic (exact) mass is 306 g/mol. The number of rotatable bonds is 11. The van der Waals surface area contributed by atoms with E-state index in [0.29, 0.717) is 11.9 Å². The van der Waals surface area contributed by atoms with E-state index in [2.05, 4.69) is 20.8 Å². The fourth-order valence-electron chi connectivity index (χ4n) is 2.24. The van der Waals surface area contributed by atoms with Gasteiger partial charge in [-0.25, -0.2) is 0 Å². The lowest BCUT2D eigenvalue weighted by Gasteiger charge is -2.25. The van der Waals surface area contributed by atoms with Crippen molar-refractivity contribution in [1.82, 2.24) is 0 Å². The Balaban J connectivity index is 2.60. The quantitative estimate of drug-likeness (QED) is 0.548. The molecule has 0 aliphatic carbocycles. The fraction of sp³-hybridized carbons (Fsp3) is 1.00. The Kier molecular flexibility index (Phi) is 9.90. The first kappa shape index (κ1) is 18.2. The van der Waals surface area contributed by atoms with Crippen LogP contribution in [0.25, 0.3) is 0 Å². The van der Waals surface area contributed by atoms with Crippen molar-refractivity contribution in [3.63, 3.8) is 0 Å². The van der Waals surface area contributed by atoms with Crippen molar-refractivity contribution in [2.75, 3.05) is 33.5 Å². The van der Waals surface area contributed by atoms with Crippen LogP contribution in [0.15, 0.2) is 0 Å². The fourth-order valence-corrected chi connectivity index (χ4v) is 3.65. The van der Waals surface area contributed by atoms with Crippen molar-refractivity contribution in [3.8, 4) is 0 Å². The average Bonchev–Trinajstić information content (AvgIpc) is 2.80. The standard InChI is InChI=1S/C15H30O4S/c1-5-8-17-11-12-13(18-9-6-2)14(19-10-7-3)15(16-4)20-12/h12-15H,5-11H2,1-4H3/t12-,13+,14+,15?/m1/s1. The van der Waals surface area contributed by atoms with Crippen molar-refractivity contribution in [1.29, 1.82) is 0 Å². The van der Waals surface area contributed by atoms with Crippen molar-refractivity contribution in [2.45, 2.75) is 62.9 Å². The van der Waals surface area contributed by atoms with Gasteiger partial charge in [-0.2, -0.15) is 0 Å². The summed E-state index contributed by atoms with van der Waals surface area (Å²) in [6.07, 6.45) is 3.14. The summed E-state index contributed by atoms with van der Waals surface area (Å²) in [6, 6.07) is 0. The molecule has 120 valence electrons. The summed E-state index contributed by atoms with van der Waals surface area (Å²) >= 11 is 1.78. The molecular weight excluding hydrogens is 276 g/mol. The summed E-state index contributed by atoms with van der Waals surface area (Å²) in [5, 5.41) is 0.292. The van der Waals surface area contributed by atoms with Crippen molar-refractivity contribution in [3.05, 3.63) is 0 Å². The number of hydrogen-bond acceptors (Lipinski definition) is 5. The summed E-state index contributed by atoms with van der Waals surface area (Å²) in [4.78, 5) is 0. The van der Waals surface area contributed by atoms with Gasteiger partial charge in [-0.3, -0.25) is 0 Å². The van der Waals surface area contributed by atoms with E-state index in [-0.39, 0.29) is 17.6 Å². The van der Waals surface area contributed by atoms with Gasteiger partial charge >= 0.3 is 0 Å². The smallest absolute Gasteiger partial charge is 0.132 e.